The van der Waals surface area contributed by atoms with Crippen molar-refractivity contribution in [1.29, 1.82) is 0 Å². The molecule has 3 amide bonds. The summed E-state index contributed by atoms with van der Waals surface area (Å²) in [7, 11) is 1.31. The Bertz CT molecular complexity index is 616. The van der Waals surface area contributed by atoms with Gasteiger partial charge in [-0.05, 0) is 63.4 Å². The van der Waals surface area contributed by atoms with Gasteiger partial charge in [-0.1, -0.05) is 6.92 Å². The summed E-state index contributed by atoms with van der Waals surface area (Å²) in [6.45, 7) is 9.34. The molecule has 0 aliphatic carbocycles. The van der Waals surface area contributed by atoms with E-state index in [1.54, 1.807) is 24.3 Å². The van der Waals surface area contributed by atoms with Crippen LogP contribution in [0.2, 0.25) is 0 Å². The average Bonchev–Trinajstić information content (AvgIpc) is 2.61. The number of methoxy groups -OCH3 is 1. The SMILES string of the molecule is COC(=O)Nc1ccc(NC(=O)NCC(C)(C)N2CCCC(C)C2)cc1. The van der Waals surface area contributed by atoms with E-state index in [9.17, 15) is 9.59 Å². The summed E-state index contributed by atoms with van der Waals surface area (Å²) < 4.78 is 4.54. The van der Waals surface area contributed by atoms with Crippen LogP contribution in [0.1, 0.15) is 33.6 Å². The maximum Gasteiger partial charge on any atom is 0.411 e. The molecular weight excluding hydrogens is 332 g/mol. The van der Waals surface area contributed by atoms with Gasteiger partial charge in [0.05, 0.1) is 7.11 Å². The summed E-state index contributed by atoms with van der Waals surface area (Å²) in [5.41, 5.74) is 1.17. The Morgan fingerprint density at radius 3 is 2.38 bits per heavy atom. The zero-order valence-electron chi connectivity index (χ0n) is 16.1. The summed E-state index contributed by atoms with van der Waals surface area (Å²) in [6.07, 6.45) is 1.96. The number of hydrogen-bond donors (Lipinski definition) is 3. The predicted octanol–water partition coefficient (Wildman–Crippen LogP) is 3.50. The van der Waals surface area contributed by atoms with Gasteiger partial charge in [0.2, 0.25) is 0 Å². The number of nitrogens with zero attached hydrogens (tertiary/aromatic N) is 1. The number of amides is 3. The molecule has 1 aliphatic rings. The van der Waals surface area contributed by atoms with Crippen molar-refractivity contribution in [3.63, 3.8) is 0 Å². The van der Waals surface area contributed by atoms with Crippen molar-refractivity contribution in [2.24, 2.45) is 5.92 Å². The first kappa shape index (κ1) is 20.0. The molecule has 1 aromatic rings. The highest BCUT2D eigenvalue weighted by molar-refractivity contribution is 5.90. The van der Waals surface area contributed by atoms with Gasteiger partial charge in [0.25, 0.3) is 0 Å². The molecule has 0 radical (unpaired) electrons. The number of carbonyl (C=O) groups excluding carboxylic acids is 2. The fourth-order valence-corrected chi connectivity index (χ4v) is 3.13. The molecule has 1 saturated heterocycles. The van der Waals surface area contributed by atoms with Crippen LogP contribution in [0.5, 0.6) is 0 Å². The molecule has 7 heteroatoms. The van der Waals surface area contributed by atoms with Gasteiger partial charge in [-0.2, -0.15) is 0 Å². The van der Waals surface area contributed by atoms with E-state index >= 15 is 0 Å². The maximum atomic E-state index is 12.2. The number of likely N-dealkylation sites (tertiary alicyclic amines) is 1. The van der Waals surface area contributed by atoms with E-state index in [1.165, 1.54) is 20.0 Å². The van der Waals surface area contributed by atoms with E-state index in [1.807, 2.05) is 0 Å². The van der Waals surface area contributed by atoms with Crippen LogP contribution in [-0.2, 0) is 4.74 Å². The quantitative estimate of drug-likeness (QED) is 0.749. The third-order valence-corrected chi connectivity index (χ3v) is 4.77. The first-order chi connectivity index (χ1) is 12.3. The molecule has 1 heterocycles. The molecule has 144 valence electrons. The minimum Gasteiger partial charge on any atom is -0.453 e. The first-order valence-corrected chi connectivity index (χ1v) is 9.05. The Morgan fingerprint density at radius 1 is 1.19 bits per heavy atom. The van der Waals surface area contributed by atoms with Crippen molar-refractivity contribution in [2.45, 2.75) is 39.2 Å². The van der Waals surface area contributed by atoms with Crippen molar-refractivity contribution < 1.29 is 14.3 Å². The van der Waals surface area contributed by atoms with Crippen LogP contribution in [0.25, 0.3) is 0 Å². The Morgan fingerprint density at radius 2 is 1.81 bits per heavy atom. The van der Waals surface area contributed by atoms with Gasteiger partial charge in [0.1, 0.15) is 0 Å². The van der Waals surface area contributed by atoms with Crippen LogP contribution in [0, 0.1) is 5.92 Å². The predicted molar refractivity (Wildman–Crippen MR) is 104 cm³/mol. The van der Waals surface area contributed by atoms with Gasteiger partial charge in [0, 0.05) is 30.0 Å². The van der Waals surface area contributed by atoms with Crippen molar-refractivity contribution in [2.75, 3.05) is 37.4 Å². The zero-order valence-corrected chi connectivity index (χ0v) is 16.1. The van der Waals surface area contributed by atoms with Crippen LogP contribution in [0.3, 0.4) is 0 Å². The van der Waals surface area contributed by atoms with Crippen LogP contribution in [0.15, 0.2) is 24.3 Å². The number of rotatable bonds is 5. The number of carbonyl (C=O) groups is 2. The lowest BCUT2D eigenvalue weighted by Crippen LogP contribution is -2.55. The molecular formula is C19H30N4O3. The minimum absolute atomic E-state index is 0.0830. The van der Waals surface area contributed by atoms with Crippen molar-refractivity contribution in [3.05, 3.63) is 24.3 Å². The second-order valence-electron chi connectivity index (χ2n) is 7.51. The Hall–Kier alpha value is -2.28. The fraction of sp³-hybridized carbons (Fsp3) is 0.579. The lowest BCUT2D eigenvalue weighted by molar-refractivity contribution is 0.0728. The maximum absolute atomic E-state index is 12.2. The highest BCUT2D eigenvalue weighted by Crippen LogP contribution is 2.23. The van der Waals surface area contributed by atoms with Crippen LogP contribution in [-0.4, -0.2) is 49.3 Å². The number of benzene rings is 1. The Balaban J connectivity index is 1.81. The monoisotopic (exact) mass is 362 g/mol. The molecule has 1 fully saturated rings. The Labute approximate surface area is 155 Å². The van der Waals surface area contributed by atoms with Gasteiger partial charge in [0.15, 0.2) is 0 Å². The van der Waals surface area contributed by atoms with E-state index in [2.05, 4.69) is 46.4 Å². The first-order valence-electron chi connectivity index (χ1n) is 9.05. The van der Waals surface area contributed by atoms with E-state index in [0.29, 0.717) is 23.8 Å². The lowest BCUT2D eigenvalue weighted by atomic mass is 9.93. The van der Waals surface area contributed by atoms with E-state index in [-0.39, 0.29) is 11.6 Å². The highest BCUT2D eigenvalue weighted by atomic mass is 16.5. The number of nitrogens with one attached hydrogen (secondary N) is 3. The van der Waals surface area contributed by atoms with E-state index < -0.39 is 6.09 Å². The number of hydrogen-bond acceptors (Lipinski definition) is 4. The highest BCUT2D eigenvalue weighted by Gasteiger charge is 2.30. The average molecular weight is 362 g/mol. The summed E-state index contributed by atoms with van der Waals surface area (Å²) in [5.74, 6) is 0.703. The number of urea groups is 1. The van der Waals surface area contributed by atoms with Gasteiger partial charge < -0.3 is 15.4 Å². The molecule has 1 aromatic carbocycles. The Kier molecular flexibility index (Phi) is 6.85. The molecule has 1 atom stereocenters. The molecule has 7 nitrogen and oxygen atoms in total. The second-order valence-corrected chi connectivity index (χ2v) is 7.51. The molecule has 26 heavy (non-hydrogen) atoms. The largest absolute Gasteiger partial charge is 0.453 e. The number of ether oxygens (including phenoxy) is 1. The normalized spacial score (nSPS) is 18.1. The topological polar surface area (TPSA) is 82.7 Å². The number of anilines is 2. The van der Waals surface area contributed by atoms with Crippen LogP contribution < -0.4 is 16.0 Å². The summed E-state index contributed by atoms with van der Waals surface area (Å²) in [6, 6.07) is 6.61. The van der Waals surface area contributed by atoms with Crippen molar-refractivity contribution in [1.82, 2.24) is 10.2 Å². The van der Waals surface area contributed by atoms with E-state index in [0.717, 1.165) is 13.1 Å². The zero-order chi connectivity index (χ0) is 19.2. The fourth-order valence-electron chi connectivity index (χ4n) is 3.13. The lowest BCUT2D eigenvalue weighted by Gasteiger charge is -2.43. The summed E-state index contributed by atoms with van der Waals surface area (Å²) >= 11 is 0. The summed E-state index contributed by atoms with van der Waals surface area (Å²) in [4.78, 5) is 25.8. The molecule has 0 bridgehead atoms. The smallest absolute Gasteiger partial charge is 0.411 e. The van der Waals surface area contributed by atoms with E-state index in [4.69, 9.17) is 0 Å². The molecule has 0 saturated carbocycles. The third-order valence-electron chi connectivity index (χ3n) is 4.77. The number of piperidine rings is 1. The molecule has 2 rings (SSSR count). The summed E-state index contributed by atoms with van der Waals surface area (Å²) in [5, 5.41) is 8.33. The molecule has 1 unspecified atom stereocenters. The van der Waals surface area contributed by atoms with Crippen LogP contribution in [0.4, 0.5) is 21.0 Å². The standard InChI is InChI=1S/C19H30N4O3/c1-14-6-5-11-23(12-14)19(2,3)13-20-17(24)21-15-7-9-16(10-8-15)22-18(25)26-4/h7-10,14H,5-6,11-13H2,1-4H3,(H,22,25)(H2,20,21,24). The minimum atomic E-state index is -0.530. The van der Waals surface area contributed by atoms with Crippen molar-refractivity contribution >= 4 is 23.5 Å². The molecule has 3 N–H and O–H groups in total. The van der Waals surface area contributed by atoms with Crippen molar-refractivity contribution in [3.8, 4) is 0 Å². The van der Waals surface area contributed by atoms with Gasteiger partial charge in [-0.3, -0.25) is 10.2 Å². The molecule has 0 spiro atoms. The second kappa shape index (κ2) is 8.89. The molecule has 1 aliphatic heterocycles. The molecule has 0 aromatic heterocycles. The van der Waals surface area contributed by atoms with Crippen LogP contribution >= 0.6 is 0 Å². The van der Waals surface area contributed by atoms with Gasteiger partial charge in [-0.25, -0.2) is 9.59 Å². The van der Waals surface area contributed by atoms with Gasteiger partial charge >= 0.3 is 12.1 Å². The third kappa shape index (κ3) is 5.91. The van der Waals surface area contributed by atoms with Gasteiger partial charge in [-0.15, -0.1) is 0 Å².